The second kappa shape index (κ2) is 15.5. The Morgan fingerprint density at radius 3 is 1.96 bits per heavy atom. The fourth-order valence-electron chi connectivity index (χ4n) is 6.39. The number of nitrogens with zero attached hydrogens (tertiary/aromatic N) is 2. The maximum absolute atomic E-state index is 14.0. The summed E-state index contributed by atoms with van der Waals surface area (Å²) in [6, 6.07) is 24.0. The van der Waals surface area contributed by atoms with Crippen LogP contribution in [0.4, 0.5) is 0 Å². The minimum atomic E-state index is -1.56. The quantitative estimate of drug-likeness (QED) is 0.0860. The number of esters is 4. The minimum Gasteiger partial charge on any atom is -0.463 e. The van der Waals surface area contributed by atoms with Crippen LogP contribution >= 0.6 is 12.2 Å². The van der Waals surface area contributed by atoms with Gasteiger partial charge in [-0.1, -0.05) is 85.0 Å². The van der Waals surface area contributed by atoms with Crippen molar-refractivity contribution in [3.8, 4) is 28.5 Å². The third-order valence-electron chi connectivity index (χ3n) is 8.20. The zero-order valence-electron chi connectivity index (χ0n) is 28.4. The summed E-state index contributed by atoms with van der Waals surface area (Å²) in [5.74, 6) is -3.54. The Hall–Kier alpha value is -5.71. The van der Waals surface area contributed by atoms with Gasteiger partial charge in [0.05, 0.1) is 16.8 Å². The van der Waals surface area contributed by atoms with Crippen LogP contribution in [0.3, 0.4) is 0 Å². The van der Waals surface area contributed by atoms with Gasteiger partial charge in [0.1, 0.15) is 23.4 Å². The first-order valence-corrected chi connectivity index (χ1v) is 16.3. The summed E-state index contributed by atoms with van der Waals surface area (Å²) in [7, 11) is 0. The fraction of sp³-hybridized carbons (Fsp3) is 0.289. The average Bonchev–Trinajstić information content (AvgIpc) is 3.08. The number of hydrogen-bond acceptors (Lipinski definition) is 12. The van der Waals surface area contributed by atoms with Crippen molar-refractivity contribution in [1.29, 1.82) is 5.26 Å². The van der Waals surface area contributed by atoms with Crippen molar-refractivity contribution >= 4 is 52.7 Å². The molecule has 5 rings (SSSR count). The molecule has 1 aromatic heterocycles. The number of nitriles is 1. The third-order valence-corrected chi connectivity index (χ3v) is 8.60. The molecule has 1 aliphatic rings. The second-order valence-electron chi connectivity index (χ2n) is 11.8. The van der Waals surface area contributed by atoms with Crippen LogP contribution in [0, 0.1) is 16.0 Å². The van der Waals surface area contributed by atoms with E-state index < -0.39 is 66.9 Å². The zero-order chi connectivity index (χ0) is 37.0. The van der Waals surface area contributed by atoms with Crippen LogP contribution in [0.15, 0.2) is 72.8 Å². The first-order chi connectivity index (χ1) is 24.3. The van der Waals surface area contributed by atoms with Gasteiger partial charge >= 0.3 is 23.9 Å². The Balaban J connectivity index is 1.93. The molecule has 0 spiro atoms. The van der Waals surface area contributed by atoms with Gasteiger partial charge in [0.15, 0.2) is 30.3 Å². The van der Waals surface area contributed by atoms with Crippen LogP contribution in [0.2, 0.25) is 0 Å². The summed E-state index contributed by atoms with van der Waals surface area (Å²) < 4.78 is 30.1. The first-order valence-electron chi connectivity index (χ1n) is 15.9. The van der Waals surface area contributed by atoms with E-state index in [1.54, 1.807) is 36.4 Å². The number of Topliss-reactive ketones (excluding diaryl/α,β-unsaturated/α-hetero) is 1. The van der Waals surface area contributed by atoms with Crippen LogP contribution in [0.1, 0.15) is 56.8 Å². The van der Waals surface area contributed by atoms with Gasteiger partial charge in [0.2, 0.25) is 0 Å². The molecule has 3 aromatic carbocycles. The highest BCUT2D eigenvalue weighted by atomic mass is 32.1. The Labute approximate surface area is 298 Å². The smallest absolute Gasteiger partial charge is 0.303 e. The molecule has 262 valence electrons. The summed E-state index contributed by atoms with van der Waals surface area (Å²) in [6.07, 6.45) is -7.36. The van der Waals surface area contributed by atoms with E-state index in [0.29, 0.717) is 11.1 Å². The predicted octanol–water partition coefficient (Wildman–Crippen LogP) is 6.03. The van der Waals surface area contributed by atoms with Gasteiger partial charge in [0, 0.05) is 33.3 Å². The number of carbonyl (C=O) groups excluding carboxylic acids is 5. The molecule has 51 heavy (non-hydrogen) atoms. The van der Waals surface area contributed by atoms with Crippen molar-refractivity contribution in [3.05, 3.63) is 88.6 Å². The fourth-order valence-corrected chi connectivity index (χ4v) is 6.73. The van der Waals surface area contributed by atoms with E-state index in [-0.39, 0.29) is 27.0 Å². The van der Waals surface area contributed by atoms with E-state index >= 15 is 0 Å². The van der Waals surface area contributed by atoms with Crippen molar-refractivity contribution in [3.63, 3.8) is 0 Å². The maximum Gasteiger partial charge on any atom is 0.303 e. The van der Waals surface area contributed by atoms with E-state index in [1.807, 2.05) is 36.4 Å². The van der Waals surface area contributed by atoms with E-state index in [0.717, 1.165) is 31.5 Å². The first kappa shape index (κ1) is 36.6. The lowest BCUT2D eigenvalue weighted by Gasteiger charge is -2.45. The summed E-state index contributed by atoms with van der Waals surface area (Å²) in [6.45, 7) is 5.40. The molecule has 4 aromatic rings. The van der Waals surface area contributed by atoms with Gasteiger partial charge in [-0.15, -0.1) is 0 Å². The summed E-state index contributed by atoms with van der Waals surface area (Å²) in [4.78, 5) is 63.6. The molecular formula is C38H34N2O10S. The molecule has 0 saturated carbocycles. The second-order valence-corrected chi connectivity index (χ2v) is 12.2. The van der Waals surface area contributed by atoms with Gasteiger partial charge in [-0.25, -0.2) is 0 Å². The molecule has 0 aliphatic carbocycles. The normalized spacial score (nSPS) is 19.7. The Bertz CT molecular complexity index is 2130. The zero-order valence-corrected chi connectivity index (χ0v) is 29.2. The largest absolute Gasteiger partial charge is 0.463 e. The van der Waals surface area contributed by atoms with Crippen LogP contribution in [0.5, 0.6) is 0 Å². The molecule has 0 amide bonds. The number of pyridine rings is 1. The lowest BCUT2D eigenvalue weighted by Crippen LogP contribution is -2.60. The molecule has 0 N–H and O–H groups in total. The summed E-state index contributed by atoms with van der Waals surface area (Å²) in [5.41, 5.74) is 1.59. The third kappa shape index (κ3) is 7.57. The Morgan fingerprint density at radius 2 is 1.35 bits per heavy atom. The number of rotatable bonds is 9. The average molecular weight is 711 g/mol. The van der Waals surface area contributed by atoms with Crippen molar-refractivity contribution in [2.24, 2.45) is 0 Å². The molecular weight excluding hydrogens is 676 g/mol. The SMILES string of the molecule is CC(=O)OC[C@@H]1O[C@H](n2c(-c3ccccc3)c(C(C)=O)c(-c3cccc4ccccc34)c(C#N)c2=S)[C@H](OC(C)=O)[C@H](OC(C)=O)[C@@H]1OC(C)=O. The summed E-state index contributed by atoms with van der Waals surface area (Å²) in [5, 5.41) is 12.4. The van der Waals surface area contributed by atoms with Crippen LogP contribution in [-0.2, 0) is 42.9 Å². The Morgan fingerprint density at radius 1 is 0.765 bits per heavy atom. The molecule has 0 radical (unpaired) electrons. The number of ketones is 1. The molecule has 0 unspecified atom stereocenters. The highest BCUT2D eigenvalue weighted by Gasteiger charge is 2.53. The van der Waals surface area contributed by atoms with E-state index in [1.165, 1.54) is 18.4 Å². The summed E-state index contributed by atoms with van der Waals surface area (Å²) >= 11 is 6.08. The van der Waals surface area contributed by atoms with Crippen LogP contribution in [-0.4, -0.2) is 65.3 Å². The predicted molar refractivity (Wildman–Crippen MR) is 186 cm³/mol. The number of benzene rings is 3. The molecule has 1 fully saturated rings. The van der Waals surface area contributed by atoms with Crippen molar-refractivity contribution < 1.29 is 47.7 Å². The minimum absolute atomic E-state index is 0.0564. The highest BCUT2D eigenvalue weighted by Crippen LogP contribution is 2.44. The number of aromatic nitrogens is 1. The number of fused-ring (bicyclic) bond motifs is 1. The number of ether oxygens (including phenoxy) is 5. The van der Waals surface area contributed by atoms with Crippen molar-refractivity contribution in [2.45, 2.75) is 65.3 Å². The van der Waals surface area contributed by atoms with Gasteiger partial charge in [0.25, 0.3) is 0 Å². The van der Waals surface area contributed by atoms with Gasteiger partial charge in [-0.3, -0.25) is 24.0 Å². The molecule has 13 heteroatoms. The molecule has 1 aliphatic heterocycles. The molecule has 2 heterocycles. The highest BCUT2D eigenvalue weighted by molar-refractivity contribution is 7.71. The van der Waals surface area contributed by atoms with Gasteiger partial charge in [-0.05, 0) is 28.8 Å². The van der Waals surface area contributed by atoms with E-state index in [4.69, 9.17) is 35.9 Å². The lowest BCUT2D eigenvalue weighted by atomic mass is 9.87. The maximum atomic E-state index is 14.0. The van der Waals surface area contributed by atoms with Crippen LogP contribution < -0.4 is 0 Å². The van der Waals surface area contributed by atoms with Gasteiger partial charge in [-0.2, -0.15) is 5.26 Å². The van der Waals surface area contributed by atoms with E-state index in [2.05, 4.69) is 6.07 Å². The molecule has 0 bridgehead atoms. The van der Waals surface area contributed by atoms with E-state index in [9.17, 15) is 29.2 Å². The Kier molecular flexibility index (Phi) is 11.1. The van der Waals surface area contributed by atoms with Crippen molar-refractivity contribution in [1.82, 2.24) is 4.57 Å². The standard InChI is InChI=1S/C38H34N2O10S/c1-20(41)31-32(28-17-11-15-25-12-9-10-16-27(25)28)29(18-39)38(51)40(33(31)26-13-7-6-8-14-26)37-36(49-24(5)45)35(48-23(4)44)34(47-22(3)43)30(50-37)19-46-21(2)42/h6-17,30,34-37H,19H2,1-5H3/t30-,34+,35+,36+,37-/m0/s1. The molecule has 5 atom stereocenters. The number of hydrogen-bond donors (Lipinski definition) is 0. The molecule has 12 nitrogen and oxygen atoms in total. The topological polar surface area (TPSA) is 160 Å². The van der Waals surface area contributed by atoms with Crippen molar-refractivity contribution in [2.75, 3.05) is 6.61 Å². The lowest BCUT2D eigenvalue weighted by molar-refractivity contribution is -0.268. The number of carbonyl (C=O) groups is 5. The monoisotopic (exact) mass is 710 g/mol. The van der Waals surface area contributed by atoms with Crippen LogP contribution in [0.25, 0.3) is 33.2 Å². The van der Waals surface area contributed by atoms with Gasteiger partial charge < -0.3 is 28.3 Å². The molecule has 1 saturated heterocycles.